The number of carbonyl (C=O) groups is 2. The van der Waals surface area contributed by atoms with Crippen LogP contribution in [0.3, 0.4) is 0 Å². The zero-order valence-corrected chi connectivity index (χ0v) is 12.6. The van der Waals surface area contributed by atoms with Crippen LogP contribution in [0.25, 0.3) is 0 Å². The van der Waals surface area contributed by atoms with E-state index in [1.165, 1.54) is 0 Å². The zero-order valence-electron chi connectivity index (χ0n) is 9.62. The molecule has 104 valence electrons. The molecule has 4 nitrogen and oxygen atoms in total. The maximum Gasteiger partial charge on any atom is 0.255 e. The maximum absolute atomic E-state index is 11.7. The van der Waals surface area contributed by atoms with Gasteiger partial charge >= 0.3 is 0 Å². The van der Waals surface area contributed by atoms with E-state index in [-0.39, 0.29) is 11.8 Å². The van der Waals surface area contributed by atoms with Crippen molar-refractivity contribution in [2.75, 3.05) is 26.2 Å². The van der Waals surface area contributed by atoms with Gasteiger partial charge in [-0.05, 0) is 12.8 Å². The maximum atomic E-state index is 11.7. The molecule has 0 aromatic heterocycles. The fraction of sp³-hybridized carbons (Fsp3) is 0.800. The second-order valence-corrected chi connectivity index (χ2v) is 6.15. The number of amides is 2. The predicted molar refractivity (Wildman–Crippen MR) is 73.4 cm³/mol. The Morgan fingerprint density at radius 1 is 0.722 bits per heavy atom. The Morgan fingerprint density at radius 2 is 1.06 bits per heavy atom. The molecule has 0 saturated carbocycles. The van der Waals surface area contributed by atoms with Gasteiger partial charge in [-0.3, -0.25) is 9.59 Å². The molecule has 0 aliphatic carbocycles. The number of rotatable bonds is 2. The van der Waals surface area contributed by atoms with Gasteiger partial charge in [-0.2, -0.15) is 0 Å². The summed E-state index contributed by atoms with van der Waals surface area (Å²) in [7, 11) is 0. The van der Waals surface area contributed by atoms with Gasteiger partial charge in [-0.1, -0.05) is 46.4 Å². The van der Waals surface area contributed by atoms with Crippen LogP contribution in [0.5, 0.6) is 0 Å². The van der Waals surface area contributed by atoms with Crippen molar-refractivity contribution < 1.29 is 9.59 Å². The second-order valence-electron chi connectivity index (χ2n) is 3.96. The van der Waals surface area contributed by atoms with Crippen molar-refractivity contribution in [1.82, 2.24) is 9.80 Å². The normalized spacial score (nSPS) is 17.9. The van der Waals surface area contributed by atoms with Crippen molar-refractivity contribution in [3.63, 3.8) is 0 Å². The SMILES string of the molecule is O=C(C(Cl)Cl)N1CCCCN(C(=O)C(Cl)Cl)CC1. The van der Waals surface area contributed by atoms with Gasteiger partial charge < -0.3 is 9.80 Å². The van der Waals surface area contributed by atoms with E-state index in [0.717, 1.165) is 12.8 Å². The van der Waals surface area contributed by atoms with Crippen LogP contribution in [-0.2, 0) is 9.59 Å². The Balaban J connectivity index is 2.60. The van der Waals surface area contributed by atoms with Crippen molar-refractivity contribution in [3.8, 4) is 0 Å². The zero-order chi connectivity index (χ0) is 13.7. The van der Waals surface area contributed by atoms with E-state index in [1.54, 1.807) is 9.80 Å². The molecule has 1 aliphatic heterocycles. The summed E-state index contributed by atoms with van der Waals surface area (Å²) >= 11 is 22.2. The summed E-state index contributed by atoms with van der Waals surface area (Å²) in [5, 5.41) is 0. The highest BCUT2D eigenvalue weighted by Gasteiger charge is 2.25. The smallest absolute Gasteiger partial charge is 0.255 e. The third kappa shape index (κ3) is 4.65. The van der Waals surface area contributed by atoms with Crippen LogP contribution in [-0.4, -0.2) is 57.5 Å². The molecule has 0 spiro atoms. The van der Waals surface area contributed by atoms with Gasteiger partial charge in [0.1, 0.15) is 0 Å². The van der Waals surface area contributed by atoms with E-state index in [4.69, 9.17) is 46.4 Å². The minimum Gasteiger partial charge on any atom is -0.339 e. The third-order valence-corrected chi connectivity index (χ3v) is 3.49. The van der Waals surface area contributed by atoms with E-state index >= 15 is 0 Å². The van der Waals surface area contributed by atoms with Crippen molar-refractivity contribution in [1.29, 1.82) is 0 Å². The number of nitrogens with zero attached hydrogens (tertiary/aromatic N) is 2. The van der Waals surface area contributed by atoms with Crippen LogP contribution in [0.4, 0.5) is 0 Å². The molecule has 1 heterocycles. The molecule has 0 radical (unpaired) electrons. The first-order valence-electron chi connectivity index (χ1n) is 5.57. The number of hydrogen-bond acceptors (Lipinski definition) is 2. The monoisotopic (exact) mass is 334 g/mol. The summed E-state index contributed by atoms with van der Waals surface area (Å²) in [4.78, 5) is 24.3. The number of carbonyl (C=O) groups excluding carboxylic acids is 2. The molecule has 0 bridgehead atoms. The lowest BCUT2D eigenvalue weighted by Gasteiger charge is -2.31. The number of alkyl halides is 4. The summed E-state index contributed by atoms with van der Waals surface area (Å²) < 4.78 is 0. The quantitative estimate of drug-likeness (QED) is 0.724. The van der Waals surface area contributed by atoms with Gasteiger partial charge in [0.05, 0.1) is 0 Å². The first kappa shape index (κ1) is 16.2. The van der Waals surface area contributed by atoms with Crippen LogP contribution in [0.1, 0.15) is 12.8 Å². The molecule has 18 heavy (non-hydrogen) atoms. The number of hydrogen-bond donors (Lipinski definition) is 0. The largest absolute Gasteiger partial charge is 0.339 e. The Hall–Kier alpha value is 0.1000. The highest BCUT2D eigenvalue weighted by atomic mass is 35.5. The van der Waals surface area contributed by atoms with Crippen molar-refractivity contribution in [2.24, 2.45) is 0 Å². The van der Waals surface area contributed by atoms with Crippen molar-refractivity contribution in [3.05, 3.63) is 0 Å². The highest BCUT2D eigenvalue weighted by Crippen LogP contribution is 2.13. The molecule has 0 N–H and O–H groups in total. The molecule has 0 unspecified atom stereocenters. The lowest BCUT2D eigenvalue weighted by atomic mass is 10.2. The Kier molecular flexibility index (Phi) is 6.85. The summed E-state index contributed by atoms with van der Waals surface area (Å²) in [5.41, 5.74) is 0. The average molecular weight is 336 g/mol. The second kappa shape index (κ2) is 7.63. The molecular weight excluding hydrogens is 322 g/mol. The summed E-state index contributed by atoms with van der Waals surface area (Å²) in [6.07, 6.45) is 1.57. The molecule has 1 rings (SSSR count). The highest BCUT2D eigenvalue weighted by molar-refractivity contribution is 6.53. The van der Waals surface area contributed by atoms with Gasteiger partial charge in [0.25, 0.3) is 11.8 Å². The fourth-order valence-corrected chi connectivity index (χ4v) is 2.34. The van der Waals surface area contributed by atoms with E-state index in [9.17, 15) is 9.59 Å². The summed E-state index contributed by atoms with van der Waals surface area (Å²) in [5.74, 6) is -0.665. The minimum atomic E-state index is -1.07. The van der Waals surface area contributed by atoms with Gasteiger partial charge in [0.2, 0.25) is 0 Å². The van der Waals surface area contributed by atoms with E-state index in [1.807, 2.05) is 0 Å². The first-order chi connectivity index (χ1) is 8.43. The topological polar surface area (TPSA) is 40.6 Å². The van der Waals surface area contributed by atoms with Crippen LogP contribution >= 0.6 is 46.4 Å². The first-order valence-corrected chi connectivity index (χ1v) is 7.32. The Labute approximate surface area is 126 Å². The summed E-state index contributed by atoms with van der Waals surface area (Å²) in [6.45, 7) is 1.98. The van der Waals surface area contributed by atoms with E-state index in [0.29, 0.717) is 26.2 Å². The molecule has 0 aromatic rings. The standard InChI is InChI=1S/C10H14Cl4N2O2/c11-7(12)9(17)15-3-1-2-4-16(6-5-15)10(18)8(13)14/h7-8H,1-6H2. The van der Waals surface area contributed by atoms with E-state index < -0.39 is 9.67 Å². The third-order valence-electron chi connectivity index (χ3n) is 2.74. The van der Waals surface area contributed by atoms with Crippen LogP contribution < -0.4 is 0 Å². The van der Waals surface area contributed by atoms with Crippen LogP contribution in [0, 0.1) is 0 Å². The predicted octanol–water partition coefficient (Wildman–Crippen LogP) is 2.04. The van der Waals surface area contributed by atoms with Gasteiger partial charge in [0.15, 0.2) is 9.67 Å². The molecule has 2 amide bonds. The Morgan fingerprint density at radius 3 is 1.33 bits per heavy atom. The van der Waals surface area contributed by atoms with Gasteiger partial charge in [-0.15, -0.1) is 0 Å². The van der Waals surface area contributed by atoms with Crippen molar-refractivity contribution in [2.45, 2.75) is 22.5 Å². The Bertz CT molecular complexity index is 282. The van der Waals surface area contributed by atoms with Crippen molar-refractivity contribution >= 4 is 58.2 Å². The molecule has 8 heteroatoms. The van der Waals surface area contributed by atoms with Crippen LogP contribution in [0.2, 0.25) is 0 Å². The average Bonchev–Trinajstić information content (AvgIpc) is 2.27. The van der Waals surface area contributed by atoms with Gasteiger partial charge in [0, 0.05) is 26.2 Å². The molecular formula is C10H14Cl4N2O2. The van der Waals surface area contributed by atoms with Crippen LogP contribution in [0.15, 0.2) is 0 Å². The lowest BCUT2D eigenvalue weighted by molar-refractivity contribution is -0.134. The number of halogens is 4. The molecule has 1 aliphatic rings. The van der Waals surface area contributed by atoms with E-state index in [2.05, 4.69) is 0 Å². The molecule has 0 aromatic carbocycles. The minimum absolute atomic E-state index is 0.332. The lowest BCUT2D eigenvalue weighted by Crippen LogP contribution is -2.46. The molecule has 1 saturated heterocycles. The summed E-state index contributed by atoms with van der Waals surface area (Å²) in [6, 6.07) is 0. The molecule has 1 fully saturated rings. The fourth-order valence-electron chi connectivity index (χ4n) is 1.79. The van der Waals surface area contributed by atoms with Gasteiger partial charge in [-0.25, -0.2) is 0 Å². The molecule has 0 atom stereocenters.